The van der Waals surface area contributed by atoms with E-state index in [1.54, 1.807) is 85.5 Å². The van der Waals surface area contributed by atoms with Crippen LogP contribution in [0.15, 0.2) is 195 Å². The number of aliphatic hydroxyl groups is 1. The predicted molar refractivity (Wildman–Crippen MR) is 397 cm³/mol. The molecule has 0 bridgehead atoms. The third kappa shape index (κ3) is 12.7. The molecule has 20 nitrogen and oxygen atoms in total. The van der Waals surface area contributed by atoms with Gasteiger partial charge in [0.2, 0.25) is 7.37 Å². The minimum absolute atomic E-state index is 0.179. The van der Waals surface area contributed by atoms with Gasteiger partial charge in [0.05, 0.1) is 74.6 Å². The first kappa shape index (κ1) is 68.1. The Hall–Kier alpha value is -11.7. The Kier molecular flexibility index (Phi) is 17.8. The molecule has 0 radical (unpaired) electrons. The first-order chi connectivity index (χ1) is 50.1. The molecule has 2 fully saturated rings. The monoisotopic (exact) mass is 1410 g/mol. The van der Waals surface area contributed by atoms with Gasteiger partial charge in [0.25, 0.3) is 0 Å². The second-order valence-corrected chi connectivity index (χ2v) is 29.5. The molecule has 0 aliphatic carbocycles. The number of carboxylic acids is 2. The van der Waals surface area contributed by atoms with Crippen molar-refractivity contribution in [2.75, 3.05) is 33.1 Å². The van der Waals surface area contributed by atoms with Gasteiger partial charge in [-0.1, -0.05) is 50.2 Å². The van der Waals surface area contributed by atoms with Crippen molar-refractivity contribution in [2.24, 2.45) is 0 Å². The third-order valence-corrected chi connectivity index (χ3v) is 21.2. The lowest BCUT2D eigenvalue weighted by Crippen LogP contribution is -2.35. The first-order valence-electron chi connectivity index (χ1n) is 34.0. The zero-order chi connectivity index (χ0) is 72.3. The van der Waals surface area contributed by atoms with Crippen molar-refractivity contribution in [1.82, 2.24) is 49.3 Å². The summed E-state index contributed by atoms with van der Waals surface area (Å²) in [5.74, 6) is -2.36. The van der Waals surface area contributed by atoms with Crippen LogP contribution in [0.3, 0.4) is 0 Å². The first-order valence-corrected chi connectivity index (χ1v) is 36.1. The van der Waals surface area contributed by atoms with Crippen molar-refractivity contribution < 1.29 is 52.6 Å². The number of pyridine rings is 1. The molecule has 0 saturated carbocycles. The fourth-order valence-electron chi connectivity index (χ4n) is 14.9. The number of carboxylic acid groups (broad SMARTS) is 2. The van der Waals surface area contributed by atoms with E-state index in [2.05, 4.69) is 88.9 Å². The maximum absolute atomic E-state index is 13.9. The number of rotatable bonds is 13. The van der Waals surface area contributed by atoms with Crippen LogP contribution in [0.2, 0.25) is 0 Å². The summed E-state index contributed by atoms with van der Waals surface area (Å²) < 4.78 is 57.6. The SMILES string of the molecule is CP(=O)(O)c1ccc(-c2c(C3CCOCC3)n(-c3ccc(F)cc3)c3cc4cn[nH]c4cc23)cc1.Cc1cc(-n2c(C(C)(C)CC#N)c(-c3ccc(C(=O)O)cc3)c3cc4[nH]ncc4cc32)ccn1.O=C(O)c1ccc(-c2c(C3(O)CCOCC3)n(-c3ccc(F)cc3)c3cc4cn[nH]c4cc23)cc1. The lowest BCUT2D eigenvalue weighted by Gasteiger charge is -2.34. The number of aryl methyl sites for hydroxylation is 1. The molecule has 522 valence electrons. The molecule has 17 rings (SSSR count). The van der Waals surface area contributed by atoms with Crippen LogP contribution in [0.25, 0.3) is 116 Å². The highest BCUT2D eigenvalue weighted by molar-refractivity contribution is 7.65. The van der Waals surface area contributed by atoms with Gasteiger partial charge in [0.15, 0.2) is 0 Å². The smallest absolute Gasteiger partial charge is 0.335 e. The second kappa shape index (κ2) is 27.2. The van der Waals surface area contributed by atoms with Crippen molar-refractivity contribution >= 4 is 90.0 Å². The van der Waals surface area contributed by atoms with Crippen molar-refractivity contribution in [3.63, 3.8) is 0 Å². The van der Waals surface area contributed by atoms with E-state index in [9.17, 15) is 48.4 Å². The van der Waals surface area contributed by atoms with Gasteiger partial charge in [-0.2, -0.15) is 20.6 Å². The average molecular weight is 1410 g/mol. The maximum atomic E-state index is 13.9. The molecule has 0 spiro atoms. The standard InChI is InChI=1S/C27H22FN3O4.C27H25FN3O3P.C27H23N5O2/c28-19-5-7-20(8-6-19)31-23-13-18-15-29-30-22(18)14-21(23)24(16-1-3-17(4-2-16)26(32)33)25(31)27(34)9-11-35-12-10-27;1-35(32,33)22-8-2-17(3-9-22)26-23-15-24-19(16-29-30-24)14-25(23)31(21-6-4-20(28)5-7-21)27(26)18-10-12-34-13-11-18;1-16-12-20(8-11-29-16)32-23-13-19-15-30-31-22(19)14-21(23)24(25(32)27(2,3)9-10-28)17-4-6-18(7-5-17)26(33)34/h1-8,13-15,34H,9-12H2,(H,29,30)(H,32,33);2-9,14-16,18H,10-13H2,1H3,(H,29,30)(H,32,33);4-8,11-15H,9H2,1-3H3,(H,30,31)(H,33,34). The van der Waals surface area contributed by atoms with Gasteiger partial charge < -0.3 is 43.4 Å². The van der Waals surface area contributed by atoms with Crippen LogP contribution in [-0.4, -0.2) is 115 Å². The van der Waals surface area contributed by atoms with Crippen molar-refractivity contribution in [2.45, 2.75) is 69.8 Å². The van der Waals surface area contributed by atoms with Crippen LogP contribution < -0.4 is 5.30 Å². The van der Waals surface area contributed by atoms with E-state index in [1.165, 1.54) is 30.9 Å². The Balaban J connectivity index is 0.000000126. The summed E-state index contributed by atoms with van der Waals surface area (Å²) in [5.41, 5.74) is 15.9. The van der Waals surface area contributed by atoms with Crippen LogP contribution in [0, 0.1) is 29.9 Å². The van der Waals surface area contributed by atoms with Crippen molar-refractivity contribution in [1.29, 1.82) is 5.26 Å². The molecule has 8 aromatic carbocycles. The van der Waals surface area contributed by atoms with Gasteiger partial charge in [0, 0.05) is 158 Å². The number of fused-ring (bicyclic) bond motifs is 6. The van der Waals surface area contributed by atoms with E-state index >= 15 is 0 Å². The topological polar surface area (TPSA) is 288 Å². The Morgan fingerprint density at radius 1 is 0.596 bits per heavy atom. The summed E-state index contributed by atoms with van der Waals surface area (Å²) in [5, 5.41) is 68.4. The van der Waals surface area contributed by atoms with Gasteiger partial charge in [-0.05, 0) is 170 Å². The number of aromatic nitrogens is 10. The van der Waals surface area contributed by atoms with Crippen LogP contribution in [-0.2, 0) is 25.1 Å². The molecule has 2 aliphatic rings. The number of aromatic carboxylic acids is 2. The average Bonchev–Trinajstić information content (AvgIpc) is 1.58. The molecule has 7 N–H and O–H groups in total. The molecule has 1 unspecified atom stereocenters. The number of hydrogen-bond donors (Lipinski definition) is 7. The number of ether oxygens (including phenoxy) is 2. The van der Waals surface area contributed by atoms with E-state index in [4.69, 9.17) is 9.47 Å². The number of nitrogens with zero attached hydrogens (tertiary/aromatic N) is 8. The van der Waals surface area contributed by atoms with E-state index in [-0.39, 0.29) is 28.7 Å². The Labute approximate surface area is 593 Å². The molecule has 23 heteroatoms. The van der Waals surface area contributed by atoms with Gasteiger partial charge in [-0.3, -0.25) is 24.8 Å². The summed E-state index contributed by atoms with van der Waals surface area (Å²) in [6.07, 6.45) is 9.98. The summed E-state index contributed by atoms with van der Waals surface area (Å²) in [6.45, 7) is 9.62. The summed E-state index contributed by atoms with van der Waals surface area (Å²) in [4.78, 5) is 37.3. The molecule has 104 heavy (non-hydrogen) atoms. The van der Waals surface area contributed by atoms with Gasteiger partial charge >= 0.3 is 11.9 Å². The number of nitrogens with one attached hydrogen (secondary N) is 3. The quantitative estimate of drug-likeness (QED) is 0.0529. The highest BCUT2D eigenvalue weighted by Gasteiger charge is 2.40. The molecule has 2 saturated heterocycles. The van der Waals surface area contributed by atoms with E-state index in [1.807, 2.05) is 72.2 Å². The zero-order valence-electron chi connectivity index (χ0n) is 57.0. The minimum atomic E-state index is -3.36. The molecular weight excluding hydrogens is 1340 g/mol. The van der Waals surface area contributed by atoms with Crippen LogP contribution in [0.1, 0.15) is 95.4 Å². The van der Waals surface area contributed by atoms with E-state index in [0.29, 0.717) is 62.4 Å². The molecule has 2 aliphatic heterocycles. The number of H-pyrrole nitrogens is 3. The summed E-state index contributed by atoms with van der Waals surface area (Å²) in [7, 11) is -3.36. The highest BCUT2D eigenvalue weighted by Crippen LogP contribution is 2.50. The molecule has 1 atom stereocenters. The van der Waals surface area contributed by atoms with Gasteiger partial charge in [-0.25, -0.2) is 18.4 Å². The summed E-state index contributed by atoms with van der Waals surface area (Å²) in [6, 6.07) is 52.4. The maximum Gasteiger partial charge on any atom is 0.335 e. The Bertz CT molecular complexity index is 5890. The third-order valence-electron chi connectivity index (χ3n) is 19.9. The second-order valence-electron chi connectivity index (χ2n) is 27.2. The molecular formula is C81H70F2N11O9P. The number of benzene rings is 8. The summed E-state index contributed by atoms with van der Waals surface area (Å²) >= 11 is 0. The largest absolute Gasteiger partial charge is 0.478 e. The minimum Gasteiger partial charge on any atom is -0.478 e. The van der Waals surface area contributed by atoms with Crippen molar-refractivity contribution in [3.8, 4) is 56.5 Å². The lowest BCUT2D eigenvalue weighted by molar-refractivity contribution is -0.0708. The van der Waals surface area contributed by atoms with Gasteiger partial charge in [0.1, 0.15) is 17.2 Å². The number of aromatic amines is 3. The van der Waals surface area contributed by atoms with Gasteiger partial charge in [-0.15, -0.1) is 0 Å². The highest BCUT2D eigenvalue weighted by atomic mass is 31.2. The molecule has 15 aromatic rings. The fourth-order valence-corrected chi connectivity index (χ4v) is 15.6. The number of nitriles is 1. The van der Waals surface area contributed by atoms with E-state index < -0.39 is 30.3 Å². The number of carbonyl (C=O) groups is 2. The van der Waals surface area contributed by atoms with Crippen molar-refractivity contribution in [3.05, 3.63) is 240 Å². The zero-order valence-corrected chi connectivity index (χ0v) is 57.9. The van der Waals surface area contributed by atoms with E-state index in [0.717, 1.165) is 140 Å². The lowest BCUT2D eigenvalue weighted by atomic mass is 9.81. The van der Waals surface area contributed by atoms with Crippen LogP contribution in [0.4, 0.5) is 8.78 Å². The van der Waals surface area contributed by atoms with Crippen LogP contribution in [0.5, 0.6) is 0 Å². The number of hydrogen-bond acceptors (Lipinski definition) is 11. The number of halogens is 2. The van der Waals surface area contributed by atoms with Crippen LogP contribution >= 0.6 is 7.37 Å². The Morgan fingerprint density at radius 3 is 1.53 bits per heavy atom. The molecule has 9 heterocycles. The molecule has 7 aromatic heterocycles. The Morgan fingerprint density at radius 2 is 1.04 bits per heavy atom. The molecule has 0 amide bonds. The predicted octanol–water partition coefficient (Wildman–Crippen LogP) is 16.5. The normalized spacial score (nSPS) is 14.7. The fraction of sp³-hybridized carbons (Fsp3) is 0.198.